The summed E-state index contributed by atoms with van der Waals surface area (Å²) in [6.07, 6.45) is 0. The predicted octanol–water partition coefficient (Wildman–Crippen LogP) is 1.27. The fourth-order valence-corrected chi connectivity index (χ4v) is 1.91. The van der Waals surface area contributed by atoms with Crippen LogP contribution in [0.2, 0.25) is 0 Å². The van der Waals surface area contributed by atoms with Gasteiger partial charge in [-0.3, -0.25) is 5.43 Å². The van der Waals surface area contributed by atoms with Gasteiger partial charge in [-0.1, -0.05) is 13.8 Å². The Bertz CT molecular complexity index is 293. The summed E-state index contributed by atoms with van der Waals surface area (Å²) in [4.78, 5) is 4.48. The number of hydrazine groups is 1. The molecule has 4 nitrogen and oxygen atoms in total. The summed E-state index contributed by atoms with van der Waals surface area (Å²) in [5, 5.41) is 4.84. The first-order valence-electron chi connectivity index (χ1n) is 4.56. The molecule has 80 valence electrons. The van der Waals surface area contributed by atoms with Gasteiger partial charge in [-0.15, -0.1) is 11.3 Å². The van der Waals surface area contributed by atoms with Gasteiger partial charge in [0.2, 0.25) is 0 Å². The molecule has 0 atom stereocenters. The summed E-state index contributed by atoms with van der Waals surface area (Å²) < 4.78 is 0. The molecule has 0 amide bonds. The largest absolute Gasteiger partial charge is 0.330 e. The molecular formula is C9H18N4S. The number of anilines is 1. The molecule has 0 spiro atoms. The van der Waals surface area contributed by atoms with Crippen LogP contribution in [0.1, 0.15) is 19.5 Å². The van der Waals surface area contributed by atoms with Gasteiger partial charge in [-0.05, 0) is 0 Å². The third-order valence-electron chi connectivity index (χ3n) is 2.03. The molecule has 1 aromatic heterocycles. The van der Waals surface area contributed by atoms with Crippen molar-refractivity contribution >= 4 is 16.5 Å². The molecule has 0 fully saturated rings. The number of nitrogens with two attached hydrogens (primary N) is 1. The van der Waals surface area contributed by atoms with Crippen molar-refractivity contribution in [3.63, 3.8) is 0 Å². The number of aromatic nitrogens is 1. The van der Waals surface area contributed by atoms with Crippen molar-refractivity contribution in [1.29, 1.82) is 0 Å². The first-order valence-corrected chi connectivity index (χ1v) is 5.44. The van der Waals surface area contributed by atoms with E-state index in [2.05, 4.69) is 29.6 Å². The lowest BCUT2D eigenvalue weighted by molar-refractivity contribution is 0.491. The first kappa shape index (κ1) is 11.4. The molecule has 3 N–H and O–H groups in total. The Balaban J connectivity index is 2.77. The van der Waals surface area contributed by atoms with Gasteiger partial charge in [0.05, 0.1) is 5.69 Å². The number of hydrogen-bond acceptors (Lipinski definition) is 5. The van der Waals surface area contributed by atoms with E-state index in [4.69, 9.17) is 5.73 Å². The Morgan fingerprint density at radius 1 is 1.57 bits per heavy atom. The molecule has 1 aromatic rings. The summed E-state index contributed by atoms with van der Waals surface area (Å²) in [6, 6.07) is 0. The van der Waals surface area contributed by atoms with Gasteiger partial charge in [0.1, 0.15) is 0 Å². The van der Waals surface area contributed by atoms with E-state index < -0.39 is 0 Å². The van der Waals surface area contributed by atoms with Crippen molar-refractivity contribution < 1.29 is 0 Å². The molecule has 0 radical (unpaired) electrons. The molecule has 0 aromatic carbocycles. The minimum absolute atomic E-state index is 0.0389. The lowest BCUT2D eigenvalue weighted by atomic mass is 9.91. The topological polar surface area (TPSA) is 54.2 Å². The standard InChI is InChI=1S/C9H18N4S/c1-9(2,6-10)7-5-14-8(11-7)12-13(3)4/h5H,6,10H2,1-4H3,(H,11,12). The molecule has 0 saturated heterocycles. The minimum atomic E-state index is -0.0389. The van der Waals surface area contributed by atoms with Crippen LogP contribution >= 0.6 is 11.3 Å². The van der Waals surface area contributed by atoms with Crippen LogP contribution in [0, 0.1) is 0 Å². The van der Waals surface area contributed by atoms with Gasteiger partial charge in [-0.2, -0.15) is 0 Å². The Morgan fingerprint density at radius 2 is 2.21 bits per heavy atom. The van der Waals surface area contributed by atoms with Crippen LogP contribution in [0.4, 0.5) is 5.13 Å². The normalized spacial score (nSPS) is 12.1. The molecule has 0 aliphatic rings. The van der Waals surface area contributed by atoms with E-state index in [-0.39, 0.29) is 5.41 Å². The lowest BCUT2D eigenvalue weighted by Gasteiger charge is -2.19. The first-order chi connectivity index (χ1) is 6.45. The third kappa shape index (κ3) is 2.67. The molecule has 0 aliphatic heterocycles. The van der Waals surface area contributed by atoms with Crippen LogP contribution < -0.4 is 11.2 Å². The van der Waals surface area contributed by atoms with Crippen LogP contribution in [0.25, 0.3) is 0 Å². The van der Waals surface area contributed by atoms with Gasteiger partial charge >= 0.3 is 0 Å². The highest BCUT2D eigenvalue weighted by atomic mass is 32.1. The number of thiazole rings is 1. The highest BCUT2D eigenvalue weighted by Crippen LogP contribution is 2.25. The molecular weight excluding hydrogens is 196 g/mol. The molecule has 0 unspecified atom stereocenters. The van der Waals surface area contributed by atoms with E-state index in [1.807, 2.05) is 19.1 Å². The highest BCUT2D eigenvalue weighted by molar-refractivity contribution is 7.13. The molecule has 5 heteroatoms. The maximum atomic E-state index is 5.68. The summed E-state index contributed by atoms with van der Waals surface area (Å²) >= 11 is 1.60. The molecule has 0 aliphatic carbocycles. The zero-order valence-corrected chi connectivity index (χ0v) is 9.98. The second-order valence-corrected chi connectivity index (χ2v) is 4.99. The van der Waals surface area contributed by atoms with E-state index >= 15 is 0 Å². The zero-order chi connectivity index (χ0) is 10.8. The number of nitrogens with zero attached hydrogens (tertiary/aromatic N) is 2. The third-order valence-corrected chi connectivity index (χ3v) is 2.77. The van der Waals surface area contributed by atoms with Crippen LogP contribution in [-0.2, 0) is 5.41 Å². The van der Waals surface area contributed by atoms with Crippen molar-refractivity contribution in [2.45, 2.75) is 19.3 Å². The molecule has 0 bridgehead atoms. The molecule has 1 heterocycles. The van der Waals surface area contributed by atoms with Crippen LogP contribution in [0.15, 0.2) is 5.38 Å². The Hall–Kier alpha value is -0.650. The minimum Gasteiger partial charge on any atom is -0.330 e. The van der Waals surface area contributed by atoms with Crippen LogP contribution in [0.5, 0.6) is 0 Å². The molecule has 0 saturated carbocycles. The van der Waals surface area contributed by atoms with Crippen LogP contribution in [0.3, 0.4) is 0 Å². The van der Waals surface area contributed by atoms with E-state index in [0.29, 0.717) is 6.54 Å². The van der Waals surface area contributed by atoms with E-state index in [1.54, 1.807) is 11.3 Å². The molecule has 14 heavy (non-hydrogen) atoms. The summed E-state index contributed by atoms with van der Waals surface area (Å²) in [7, 11) is 3.88. The number of rotatable bonds is 4. The maximum Gasteiger partial charge on any atom is 0.197 e. The number of hydrogen-bond donors (Lipinski definition) is 2. The van der Waals surface area contributed by atoms with Gasteiger partial charge in [-0.25, -0.2) is 9.99 Å². The smallest absolute Gasteiger partial charge is 0.197 e. The van der Waals surface area contributed by atoms with Crippen molar-refractivity contribution in [3.8, 4) is 0 Å². The van der Waals surface area contributed by atoms with Crippen LogP contribution in [-0.4, -0.2) is 30.6 Å². The average molecular weight is 214 g/mol. The maximum absolute atomic E-state index is 5.68. The Morgan fingerprint density at radius 3 is 2.71 bits per heavy atom. The summed E-state index contributed by atoms with van der Waals surface area (Å²) in [5.74, 6) is 0. The van der Waals surface area contributed by atoms with Gasteiger partial charge < -0.3 is 5.73 Å². The highest BCUT2D eigenvalue weighted by Gasteiger charge is 2.21. The van der Waals surface area contributed by atoms with Gasteiger partial charge in [0.15, 0.2) is 5.13 Å². The van der Waals surface area contributed by atoms with E-state index in [9.17, 15) is 0 Å². The monoisotopic (exact) mass is 214 g/mol. The van der Waals surface area contributed by atoms with Crippen molar-refractivity contribution in [3.05, 3.63) is 11.1 Å². The average Bonchev–Trinajstić information content (AvgIpc) is 2.52. The lowest BCUT2D eigenvalue weighted by Crippen LogP contribution is -2.28. The Labute approximate surface area is 89.1 Å². The Kier molecular flexibility index (Phi) is 3.47. The van der Waals surface area contributed by atoms with Crippen molar-refractivity contribution in [1.82, 2.24) is 9.99 Å². The second kappa shape index (κ2) is 4.25. The van der Waals surface area contributed by atoms with Crippen molar-refractivity contribution in [2.75, 3.05) is 26.1 Å². The van der Waals surface area contributed by atoms with Gasteiger partial charge in [0, 0.05) is 31.4 Å². The predicted molar refractivity (Wildman–Crippen MR) is 61.5 cm³/mol. The quantitative estimate of drug-likeness (QED) is 0.741. The second-order valence-electron chi connectivity index (χ2n) is 4.13. The number of nitrogens with one attached hydrogen (secondary N) is 1. The van der Waals surface area contributed by atoms with Crippen molar-refractivity contribution in [2.24, 2.45) is 5.73 Å². The summed E-state index contributed by atoms with van der Waals surface area (Å²) in [5.41, 5.74) is 9.82. The SMILES string of the molecule is CN(C)Nc1nc(C(C)(C)CN)cs1. The van der Waals surface area contributed by atoms with Gasteiger partial charge in [0.25, 0.3) is 0 Å². The summed E-state index contributed by atoms with van der Waals surface area (Å²) in [6.45, 7) is 4.81. The molecule has 1 rings (SSSR count). The zero-order valence-electron chi connectivity index (χ0n) is 9.16. The fraction of sp³-hybridized carbons (Fsp3) is 0.667. The fourth-order valence-electron chi connectivity index (χ4n) is 0.932. The van der Waals surface area contributed by atoms with E-state index in [0.717, 1.165) is 10.8 Å². The van der Waals surface area contributed by atoms with E-state index in [1.165, 1.54) is 0 Å².